The first-order valence-electron chi connectivity index (χ1n) is 8.05. The first kappa shape index (κ1) is 18.6. The van der Waals surface area contributed by atoms with Gasteiger partial charge >= 0.3 is 0 Å². The van der Waals surface area contributed by atoms with Gasteiger partial charge in [-0.15, -0.1) is 0 Å². The highest BCUT2D eigenvalue weighted by atomic mass is 16.5. The van der Waals surface area contributed by atoms with E-state index in [-0.39, 0.29) is 11.8 Å². The summed E-state index contributed by atoms with van der Waals surface area (Å²) in [6.45, 7) is 6.08. The maximum absolute atomic E-state index is 12.5. The van der Waals surface area contributed by atoms with Crippen molar-refractivity contribution in [3.05, 3.63) is 53.0 Å². The number of rotatable bonds is 6. The van der Waals surface area contributed by atoms with Gasteiger partial charge in [0.2, 0.25) is 5.91 Å². The minimum atomic E-state index is -0.632. The summed E-state index contributed by atoms with van der Waals surface area (Å²) in [7, 11) is 3.37. The molecule has 1 aromatic carbocycles. The lowest BCUT2D eigenvalue weighted by atomic mass is 10.1. The van der Waals surface area contributed by atoms with Gasteiger partial charge in [0.15, 0.2) is 0 Å². The van der Waals surface area contributed by atoms with Gasteiger partial charge in [0.25, 0.3) is 5.91 Å². The van der Waals surface area contributed by atoms with Gasteiger partial charge in [-0.05, 0) is 43.5 Å². The second kappa shape index (κ2) is 7.88. The molecular weight excluding hydrogens is 320 g/mol. The summed E-state index contributed by atoms with van der Waals surface area (Å²) in [6, 6.07) is 4.93. The Bertz CT molecular complexity index is 730. The van der Waals surface area contributed by atoms with E-state index in [9.17, 15) is 9.59 Å². The van der Waals surface area contributed by atoms with Gasteiger partial charge in [0.05, 0.1) is 18.9 Å². The Balaban J connectivity index is 2.01. The molecule has 0 radical (unpaired) electrons. The summed E-state index contributed by atoms with van der Waals surface area (Å²) in [6.07, 6.45) is 2.76. The average Bonchev–Trinajstić information content (AvgIpc) is 3.08. The molecule has 25 heavy (non-hydrogen) atoms. The molecule has 134 valence electrons. The number of nitrogens with zero attached hydrogens (tertiary/aromatic N) is 1. The normalized spacial score (nSPS) is 11.7. The number of nitrogens with one attached hydrogen (secondary N) is 1. The van der Waals surface area contributed by atoms with E-state index >= 15 is 0 Å². The molecule has 2 amide bonds. The third kappa shape index (κ3) is 4.41. The van der Waals surface area contributed by atoms with Crippen molar-refractivity contribution >= 4 is 11.8 Å². The van der Waals surface area contributed by atoms with Gasteiger partial charge in [0, 0.05) is 13.6 Å². The summed E-state index contributed by atoms with van der Waals surface area (Å²) in [5, 5.41) is 2.68. The van der Waals surface area contributed by atoms with Gasteiger partial charge in [-0.25, -0.2) is 0 Å². The van der Waals surface area contributed by atoms with E-state index < -0.39 is 6.04 Å². The zero-order valence-electron chi connectivity index (χ0n) is 15.3. The van der Waals surface area contributed by atoms with E-state index in [1.54, 1.807) is 32.0 Å². The molecule has 1 N–H and O–H groups in total. The molecule has 6 nitrogen and oxygen atoms in total. The van der Waals surface area contributed by atoms with Crippen molar-refractivity contribution in [1.82, 2.24) is 10.2 Å². The quantitative estimate of drug-likeness (QED) is 0.874. The van der Waals surface area contributed by atoms with Crippen LogP contribution in [0.15, 0.2) is 35.1 Å². The number of hydrogen-bond acceptors (Lipinski definition) is 4. The van der Waals surface area contributed by atoms with Crippen LogP contribution < -0.4 is 10.1 Å². The number of aryl methyl sites for hydroxylation is 2. The zero-order chi connectivity index (χ0) is 18.6. The molecule has 0 spiro atoms. The molecule has 2 aromatic rings. The van der Waals surface area contributed by atoms with Gasteiger partial charge in [-0.2, -0.15) is 0 Å². The van der Waals surface area contributed by atoms with Crippen molar-refractivity contribution in [2.24, 2.45) is 0 Å². The molecule has 0 aliphatic rings. The van der Waals surface area contributed by atoms with E-state index in [2.05, 4.69) is 5.32 Å². The van der Waals surface area contributed by atoms with Crippen molar-refractivity contribution in [1.29, 1.82) is 0 Å². The number of methoxy groups -OCH3 is 1. The molecule has 0 aliphatic carbocycles. The Morgan fingerprint density at radius 1 is 1.28 bits per heavy atom. The highest BCUT2D eigenvalue weighted by molar-refractivity contribution is 5.97. The SMILES string of the molecule is COc1c(C)cc(CN(C)C(=O)[C@@H](C)NC(=O)c2ccoc2)cc1C. The largest absolute Gasteiger partial charge is 0.496 e. The first-order valence-corrected chi connectivity index (χ1v) is 8.05. The van der Waals surface area contributed by atoms with Crippen LogP contribution in [-0.2, 0) is 11.3 Å². The number of likely N-dealkylation sites (N-methyl/N-ethyl adjacent to an activating group) is 1. The molecule has 0 aliphatic heterocycles. The van der Waals surface area contributed by atoms with E-state index in [1.807, 2.05) is 26.0 Å². The maximum atomic E-state index is 12.5. The summed E-state index contributed by atoms with van der Waals surface area (Å²) < 4.78 is 10.2. The molecule has 6 heteroatoms. The molecule has 1 atom stereocenters. The second-order valence-electron chi connectivity index (χ2n) is 6.16. The van der Waals surface area contributed by atoms with Crippen LogP contribution in [0.4, 0.5) is 0 Å². The molecule has 0 saturated carbocycles. The summed E-state index contributed by atoms with van der Waals surface area (Å²) in [5.41, 5.74) is 3.46. The van der Waals surface area contributed by atoms with Crippen LogP contribution >= 0.6 is 0 Å². The lowest BCUT2D eigenvalue weighted by Gasteiger charge is -2.23. The third-order valence-electron chi connectivity index (χ3n) is 4.02. The monoisotopic (exact) mass is 344 g/mol. The summed E-state index contributed by atoms with van der Waals surface area (Å²) in [4.78, 5) is 26.1. The lowest BCUT2D eigenvalue weighted by Crippen LogP contribution is -2.45. The van der Waals surface area contributed by atoms with Crippen LogP contribution in [0.3, 0.4) is 0 Å². The Morgan fingerprint density at radius 2 is 1.92 bits per heavy atom. The van der Waals surface area contributed by atoms with E-state index in [0.717, 1.165) is 22.4 Å². The van der Waals surface area contributed by atoms with Gasteiger partial charge < -0.3 is 19.4 Å². The molecule has 2 rings (SSSR count). The molecular formula is C19H24N2O4. The summed E-state index contributed by atoms with van der Waals surface area (Å²) in [5.74, 6) is 0.362. The van der Waals surface area contributed by atoms with Crippen LogP contribution in [0.1, 0.15) is 34.0 Å². The number of hydrogen-bond donors (Lipinski definition) is 1. The van der Waals surface area contributed by atoms with Crippen LogP contribution in [0.25, 0.3) is 0 Å². The van der Waals surface area contributed by atoms with Gasteiger partial charge in [0.1, 0.15) is 18.1 Å². The van der Waals surface area contributed by atoms with E-state index in [1.165, 1.54) is 12.5 Å². The highest BCUT2D eigenvalue weighted by Gasteiger charge is 2.21. The van der Waals surface area contributed by atoms with Crippen LogP contribution in [-0.4, -0.2) is 36.9 Å². The smallest absolute Gasteiger partial charge is 0.255 e. The maximum Gasteiger partial charge on any atom is 0.255 e. The number of amides is 2. The van der Waals surface area contributed by atoms with Crippen LogP contribution in [0.5, 0.6) is 5.75 Å². The predicted octanol–water partition coefficient (Wildman–Crippen LogP) is 2.68. The second-order valence-corrected chi connectivity index (χ2v) is 6.16. The minimum Gasteiger partial charge on any atom is -0.496 e. The molecule has 0 saturated heterocycles. The predicted molar refractivity (Wildman–Crippen MR) is 94.6 cm³/mol. The minimum absolute atomic E-state index is 0.164. The van der Waals surface area contributed by atoms with Crippen molar-refractivity contribution in [3.63, 3.8) is 0 Å². The molecule has 1 heterocycles. The highest BCUT2D eigenvalue weighted by Crippen LogP contribution is 2.24. The van der Waals surface area contributed by atoms with Crippen molar-refractivity contribution in [2.75, 3.05) is 14.2 Å². The summed E-state index contributed by atoms with van der Waals surface area (Å²) >= 11 is 0. The van der Waals surface area contributed by atoms with Gasteiger partial charge in [-0.3, -0.25) is 9.59 Å². The Kier molecular flexibility index (Phi) is 5.85. The lowest BCUT2D eigenvalue weighted by molar-refractivity contribution is -0.132. The van der Waals surface area contributed by atoms with Crippen molar-refractivity contribution in [2.45, 2.75) is 33.4 Å². The zero-order valence-corrected chi connectivity index (χ0v) is 15.3. The van der Waals surface area contributed by atoms with Crippen LogP contribution in [0.2, 0.25) is 0 Å². The average molecular weight is 344 g/mol. The van der Waals surface area contributed by atoms with Crippen molar-refractivity contribution in [3.8, 4) is 5.75 Å². The molecule has 1 aromatic heterocycles. The first-order chi connectivity index (χ1) is 11.8. The fourth-order valence-electron chi connectivity index (χ4n) is 2.87. The number of carbonyl (C=O) groups excluding carboxylic acids is 2. The van der Waals surface area contributed by atoms with E-state index in [4.69, 9.17) is 9.15 Å². The van der Waals surface area contributed by atoms with E-state index in [0.29, 0.717) is 12.1 Å². The number of carbonyl (C=O) groups is 2. The van der Waals surface area contributed by atoms with Crippen molar-refractivity contribution < 1.29 is 18.7 Å². The Labute approximate surface area is 147 Å². The Morgan fingerprint density at radius 3 is 2.44 bits per heavy atom. The number of benzene rings is 1. The molecule has 0 bridgehead atoms. The number of furan rings is 1. The topological polar surface area (TPSA) is 71.8 Å². The fourth-order valence-corrected chi connectivity index (χ4v) is 2.87. The van der Waals surface area contributed by atoms with Gasteiger partial charge in [-0.1, -0.05) is 12.1 Å². The third-order valence-corrected chi connectivity index (χ3v) is 4.02. The number of ether oxygens (including phenoxy) is 1. The standard InChI is InChI=1S/C19H24N2O4/c1-12-8-15(9-13(2)17(12)24-5)10-21(4)19(23)14(3)20-18(22)16-6-7-25-11-16/h6-9,11,14H,10H2,1-5H3,(H,20,22)/t14-/m1/s1. The van der Waals surface area contributed by atoms with Crippen LogP contribution in [0, 0.1) is 13.8 Å². The molecule has 0 unspecified atom stereocenters. The molecule has 0 fully saturated rings. The fraction of sp³-hybridized carbons (Fsp3) is 0.368. The Hall–Kier alpha value is -2.76.